The molecule has 0 heterocycles. The van der Waals surface area contributed by atoms with Crippen LogP contribution in [0.3, 0.4) is 0 Å². The average molecular weight is 300 g/mol. The SMILES string of the molecule is COc1ccc(C)cc1/C(C)=N\NC(=O)c1ccccc1F. The third-order valence-corrected chi connectivity index (χ3v) is 3.19. The normalized spacial score (nSPS) is 11.2. The summed E-state index contributed by atoms with van der Waals surface area (Å²) in [6, 6.07) is 11.4. The minimum Gasteiger partial charge on any atom is -0.496 e. The van der Waals surface area contributed by atoms with Crippen LogP contribution in [0.25, 0.3) is 0 Å². The highest BCUT2D eigenvalue weighted by molar-refractivity contribution is 6.02. The van der Waals surface area contributed by atoms with Gasteiger partial charge in [-0.05, 0) is 38.1 Å². The summed E-state index contributed by atoms with van der Waals surface area (Å²) in [5.74, 6) is -0.517. The monoisotopic (exact) mass is 300 g/mol. The first kappa shape index (κ1) is 15.7. The number of methoxy groups -OCH3 is 1. The Kier molecular flexibility index (Phi) is 4.88. The highest BCUT2D eigenvalue weighted by Gasteiger charge is 2.11. The van der Waals surface area contributed by atoms with E-state index in [2.05, 4.69) is 10.5 Å². The van der Waals surface area contributed by atoms with E-state index in [0.29, 0.717) is 11.5 Å². The topological polar surface area (TPSA) is 50.7 Å². The number of halogens is 1. The number of rotatable bonds is 4. The Balaban J connectivity index is 2.22. The van der Waals surface area contributed by atoms with Crippen LogP contribution in [0.5, 0.6) is 5.75 Å². The number of ether oxygens (including phenoxy) is 1. The number of nitrogens with zero attached hydrogens (tertiary/aromatic N) is 1. The molecule has 0 aliphatic rings. The Labute approximate surface area is 128 Å². The van der Waals surface area contributed by atoms with Crippen LogP contribution in [-0.4, -0.2) is 18.7 Å². The summed E-state index contributed by atoms with van der Waals surface area (Å²) >= 11 is 0. The molecule has 0 aromatic heterocycles. The number of amides is 1. The van der Waals surface area contributed by atoms with Crippen molar-refractivity contribution in [1.82, 2.24) is 5.43 Å². The maximum atomic E-state index is 13.5. The van der Waals surface area contributed by atoms with Crippen molar-refractivity contribution >= 4 is 11.6 Å². The molecule has 0 aliphatic heterocycles. The number of hydrogen-bond donors (Lipinski definition) is 1. The molecule has 0 spiro atoms. The highest BCUT2D eigenvalue weighted by Crippen LogP contribution is 2.20. The fourth-order valence-electron chi connectivity index (χ4n) is 2.00. The Morgan fingerprint density at radius 1 is 1.18 bits per heavy atom. The van der Waals surface area contributed by atoms with Gasteiger partial charge in [0.15, 0.2) is 0 Å². The molecule has 2 rings (SSSR count). The third kappa shape index (κ3) is 3.49. The molecule has 114 valence electrons. The van der Waals surface area contributed by atoms with Gasteiger partial charge in [-0.15, -0.1) is 0 Å². The summed E-state index contributed by atoms with van der Waals surface area (Å²) in [5, 5.41) is 4.03. The minimum atomic E-state index is -0.593. The molecule has 5 heteroatoms. The average Bonchev–Trinajstić information content (AvgIpc) is 2.52. The van der Waals surface area contributed by atoms with E-state index >= 15 is 0 Å². The van der Waals surface area contributed by atoms with Crippen molar-refractivity contribution < 1.29 is 13.9 Å². The van der Waals surface area contributed by atoms with Gasteiger partial charge in [-0.1, -0.05) is 23.8 Å². The number of carbonyl (C=O) groups is 1. The number of aryl methyl sites for hydroxylation is 1. The van der Waals surface area contributed by atoms with Crippen molar-refractivity contribution in [2.45, 2.75) is 13.8 Å². The number of nitrogens with one attached hydrogen (secondary N) is 1. The Hall–Kier alpha value is -2.69. The molecular formula is C17H17FN2O2. The maximum absolute atomic E-state index is 13.5. The van der Waals surface area contributed by atoms with Crippen molar-refractivity contribution in [1.29, 1.82) is 0 Å². The Bertz CT molecular complexity index is 726. The fourth-order valence-corrected chi connectivity index (χ4v) is 2.00. The molecule has 22 heavy (non-hydrogen) atoms. The highest BCUT2D eigenvalue weighted by atomic mass is 19.1. The fraction of sp³-hybridized carbons (Fsp3) is 0.176. The second-order valence-corrected chi connectivity index (χ2v) is 4.82. The van der Waals surface area contributed by atoms with Gasteiger partial charge in [0.05, 0.1) is 18.4 Å². The summed E-state index contributed by atoms with van der Waals surface area (Å²) < 4.78 is 18.8. The molecule has 0 fully saturated rings. The third-order valence-electron chi connectivity index (χ3n) is 3.19. The van der Waals surface area contributed by atoms with Crippen LogP contribution in [0.1, 0.15) is 28.4 Å². The van der Waals surface area contributed by atoms with Crippen molar-refractivity contribution in [3.05, 3.63) is 65.0 Å². The molecule has 2 aromatic rings. The van der Waals surface area contributed by atoms with Gasteiger partial charge in [-0.3, -0.25) is 4.79 Å². The van der Waals surface area contributed by atoms with Crippen LogP contribution < -0.4 is 10.2 Å². The van der Waals surface area contributed by atoms with Gasteiger partial charge >= 0.3 is 0 Å². The quantitative estimate of drug-likeness (QED) is 0.696. The van der Waals surface area contributed by atoms with Gasteiger partial charge in [-0.25, -0.2) is 9.82 Å². The van der Waals surface area contributed by atoms with Crippen LogP contribution in [0.2, 0.25) is 0 Å². The number of carbonyl (C=O) groups excluding carboxylic acids is 1. The molecule has 1 N–H and O–H groups in total. The van der Waals surface area contributed by atoms with Crippen molar-refractivity contribution in [3.8, 4) is 5.75 Å². The molecule has 0 atom stereocenters. The van der Waals surface area contributed by atoms with E-state index in [1.165, 1.54) is 18.2 Å². The van der Waals surface area contributed by atoms with Gasteiger partial charge in [0.1, 0.15) is 11.6 Å². The van der Waals surface area contributed by atoms with Crippen LogP contribution in [0.4, 0.5) is 4.39 Å². The van der Waals surface area contributed by atoms with Crippen LogP contribution >= 0.6 is 0 Å². The maximum Gasteiger partial charge on any atom is 0.274 e. The minimum absolute atomic E-state index is 0.0461. The van der Waals surface area contributed by atoms with Crippen molar-refractivity contribution in [2.75, 3.05) is 7.11 Å². The smallest absolute Gasteiger partial charge is 0.274 e. The second-order valence-electron chi connectivity index (χ2n) is 4.82. The zero-order valence-electron chi connectivity index (χ0n) is 12.7. The lowest BCUT2D eigenvalue weighted by molar-refractivity contribution is 0.0951. The molecule has 0 unspecified atom stereocenters. The van der Waals surface area contributed by atoms with Crippen LogP contribution in [-0.2, 0) is 0 Å². The molecule has 1 amide bonds. The predicted molar refractivity (Wildman–Crippen MR) is 83.8 cm³/mol. The van der Waals surface area contributed by atoms with Gasteiger partial charge in [0.2, 0.25) is 0 Å². The number of hydrazone groups is 1. The van der Waals surface area contributed by atoms with E-state index in [-0.39, 0.29) is 5.56 Å². The summed E-state index contributed by atoms with van der Waals surface area (Å²) in [4.78, 5) is 11.9. The number of hydrogen-bond acceptors (Lipinski definition) is 3. The molecule has 2 aromatic carbocycles. The van der Waals surface area contributed by atoms with E-state index in [9.17, 15) is 9.18 Å². The second kappa shape index (κ2) is 6.85. The standard InChI is InChI=1S/C17H17FN2O2/c1-11-8-9-16(22-3)14(10-11)12(2)19-20-17(21)13-6-4-5-7-15(13)18/h4-10H,1-3H3,(H,20,21)/b19-12-. The zero-order valence-corrected chi connectivity index (χ0v) is 12.7. The molecule has 0 bridgehead atoms. The van der Waals surface area contributed by atoms with Crippen LogP contribution in [0.15, 0.2) is 47.6 Å². The molecular weight excluding hydrogens is 283 g/mol. The molecule has 4 nitrogen and oxygen atoms in total. The number of benzene rings is 2. The van der Waals surface area contributed by atoms with Crippen molar-refractivity contribution in [3.63, 3.8) is 0 Å². The summed E-state index contributed by atoms with van der Waals surface area (Å²) in [6.45, 7) is 3.70. The first-order valence-corrected chi connectivity index (χ1v) is 6.77. The molecule has 0 saturated heterocycles. The lowest BCUT2D eigenvalue weighted by Crippen LogP contribution is -2.20. The zero-order chi connectivity index (χ0) is 16.1. The largest absolute Gasteiger partial charge is 0.496 e. The van der Waals surface area contributed by atoms with E-state index in [0.717, 1.165) is 11.1 Å². The lowest BCUT2D eigenvalue weighted by atomic mass is 10.1. The van der Waals surface area contributed by atoms with E-state index in [1.807, 2.05) is 25.1 Å². The molecule has 0 radical (unpaired) electrons. The van der Waals surface area contributed by atoms with E-state index in [1.54, 1.807) is 20.1 Å². The summed E-state index contributed by atoms with van der Waals surface area (Å²) in [7, 11) is 1.57. The van der Waals surface area contributed by atoms with Gasteiger partial charge in [-0.2, -0.15) is 5.10 Å². The summed E-state index contributed by atoms with van der Waals surface area (Å²) in [6.07, 6.45) is 0. The lowest BCUT2D eigenvalue weighted by Gasteiger charge is -2.09. The summed E-state index contributed by atoms with van der Waals surface area (Å²) in [5.41, 5.74) is 4.71. The van der Waals surface area contributed by atoms with Gasteiger partial charge in [0, 0.05) is 5.56 Å². The van der Waals surface area contributed by atoms with Gasteiger partial charge in [0.25, 0.3) is 5.91 Å². The van der Waals surface area contributed by atoms with E-state index < -0.39 is 11.7 Å². The first-order chi connectivity index (χ1) is 10.5. The molecule has 0 saturated carbocycles. The first-order valence-electron chi connectivity index (χ1n) is 6.77. The van der Waals surface area contributed by atoms with Gasteiger partial charge < -0.3 is 4.74 Å². The van der Waals surface area contributed by atoms with Crippen LogP contribution in [0, 0.1) is 12.7 Å². The predicted octanol–water partition coefficient (Wildman–Crippen LogP) is 3.30. The van der Waals surface area contributed by atoms with Crippen molar-refractivity contribution in [2.24, 2.45) is 5.10 Å². The van der Waals surface area contributed by atoms with E-state index in [4.69, 9.17) is 4.74 Å². The molecule has 0 aliphatic carbocycles. The Morgan fingerprint density at radius 2 is 1.91 bits per heavy atom. The Morgan fingerprint density at radius 3 is 2.59 bits per heavy atom.